The van der Waals surface area contributed by atoms with E-state index in [0.29, 0.717) is 6.42 Å². The summed E-state index contributed by atoms with van der Waals surface area (Å²) in [5, 5.41) is 57.2. The number of aliphatic hydroxyl groups excluding tert-OH is 6. The lowest BCUT2D eigenvalue weighted by atomic mass is 9.96. The summed E-state index contributed by atoms with van der Waals surface area (Å²) in [4.78, 5) is 0. The zero-order chi connectivity index (χ0) is 22.6. The Morgan fingerprint density at radius 3 is 1.13 bits per heavy atom. The average Bonchev–Trinajstić information content (AvgIpc) is 2.76. The van der Waals surface area contributed by atoms with Crippen LogP contribution in [0.1, 0.15) is 116 Å². The largest absolute Gasteiger partial charge is 0.394 e. The minimum Gasteiger partial charge on any atom is -0.394 e. The zero-order valence-corrected chi connectivity index (χ0v) is 19.3. The van der Waals surface area contributed by atoms with Crippen molar-refractivity contribution in [1.82, 2.24) is 0 Å². The molecule has 0 heterocycles. The summed E-state index contributed by atoms with van der Waals surface area (Å²) in [6.45, 7) is 1.53. The van der Waals surface area contributed by atoms with Gasteiger partial charge >= 0.3 is 0 Å². The van der Waals surface area contributed by atoms with Gasteiger partial charge in [-0.3, -0.25) is 0 Å². The van der Waals surface area contributed by atoms with Crippen LogP contribution in [-0.4, -0.2) is 67.8 Å². The Labute approximate surface area is 184 Å². The topological polar surface area (TPSA) is 121 Å². The van der Waals surface area contributed by atoms with Crippen molar-refractivity contribution in [2.75, 3.05) is 6.61 Å². The summed E-state index contributed by atoms with van der Waals surface area (Å²) >= 11 is 0. The lowest BCUT2D eigenvalue weighted by Gasteiger charge is -2.28. The van der Waals surface area contributed by atoms with Crippen LogP contribution in [-0.2, 0) is 0 Å². The Bertz CT molecular complexity index is 355. The van der Waals surface area contributed by atoms with Crippen molar-refractivity contribution in [2.45, 2.75) is 147 Å². The summed E-state index contributed by atoms with van der Waals surface area (Å²) < 4.78 is 0. The number of rotatable bonds is 22. The summed E-state index contributed by atoms with van der Waals surface area (Å²) in [5.41, 5.74) is 0. The van der Waals surface area contributed by atoms with E-state index in [1.807, 2.05) is 0 Å². The molecule has 5 atom stereocenters. The molecule has 0 aliphatic carbocycles. The molecule has 0 spiro atoms. The van der Waals surface area contributed by atoms with Crippen molar-refractivity contribution >= 4 is 0 Å². The van der Waals surface area contributed by atoms with Gasteiger partial charge in [0.05, 0.1) is 12.7 Å². The van der Waals surface area contributed by atoms with E-state index in [9.17, 15) is 25.5 Å². The second kappa shape index (κ2) is 20.7. The van der Waals surface area contributed by atoms with Crippen LogP contribution < -0.4 is 0 Å². The highest BCUT2D eigenvalue weighted by molar-refractivity contribution is 4.84. The Hall–Kier alpha value is -0.240. The quantitative estimate of drug-likeness (QED) is 0.145. The van der Waals surface area contributed by atoms with E-state index < -0.39 is 37.1 Å². The summed E-state index contributed by atoms with van der Waals surface area (Å²) in [7, 11) is 0. The maximum Gasteiger partial charge on any atom is 0.111 e. The molecule has 0 aromatic rings. The van der Waals surface area contributed by atoms with Crippen LogP contribution in [0.2, 0.25) is 0 Å². The Kier molecular flexibility index (Phi) is 20.5. The maximum atomic E-state index is 9.94. The maximum absolute atomic E-state index is 9.94. The highest BCUT2D eigenvalue weighted by Gasteiger charge is 2.33. The van der Waals surface area contributed by atoms with Gasteiger partial charge in [-0.1, -0.05) is 110 Å². The highest BCUT2D eigenvalue weighted by Crippen LogP contribution is 2.16. The van der Waals surface area contributed by atoms with Gasteiger partial charge in [0.25, 0.3) is 0 Å². The van der Waals surface area contributed by atoms with E-state index in [1.54, 1.807) is 0 Å². The molecule has 0 aromatic carbocycles. The molecule has 0 radical (unpaired) electrons. The van der Waals surface area contributed by atoms with E-state index in [2.05, 4.69) is 6.92 Å². The van der Waals surface area contributed by atoms with Gasteiger partial charge in [-0.25, -0.2) is 0 Å². The Morgan fingerprint density at radius 1 is 0.433 bits per heavy atom. The number of unbranched alkanes of at least 4 members (excludes halogenated alkanes) is 15. The fourth-order valence-corrected chi connectivity index (χ4v) is 3.84. The molecule has 0 aliphatic heterocycles. The van der Waals surface area contributed by atoms with Gasteiger partial charge in [0, 0.05) is 0 Å². The molecule has 6 N–H and O–H groups in total. The molecule has 0 aromatic heterocycles. The first-order chi connectivity index (χ1) is 14.5. The second-order valence-electron chi connectivity index (χ2n) is 8.88. The number of hydrogen-bond donors (Lipinski definition) is 6. The molecule has 0 saturated heterocycles. The molecule has 6 nitrogen and oxygen atoms in total. The van der Waals surface area contributed by atoms with Crippen molar-refractivity contribution in [3.8, 4) is 0 Å². The first-order valence-corrected chi connectivity index (χ1v) is 12.5. The lowest BCUT2D eigenvalue weighted by Crippen LogP contribution is -2.49. The second-order valence-corrected chi connectivity index (χ2v) is 8.88. The third-order valence-corrected chi connectivity index (χ3v) is 6.03. The van der Waals surface area contributed by atoms with Crippen LogP contribution in [0.4, 0.5) is 0 Å². The van der Waals surface area contributed by atoms with Crippen LogP contribution in [0.25, 0.3) is 0 Å². The van der Waals surface area contributed by atoms with E-state index in [0.717, 1.165) is 19.3 Å². The van der Waals surface area contributed by atoms with E-state index in [4.69, 9.17) is 5.11 Å². The monoisotopic (exact) mass is 434 g/mol. The number of hydrogen-bond acceptors (Lipinski definition) is 6. The van der Waals surface area contributed by atoms with Gasteiger partial charge in [0.1, 0.15) is 24.4 Å². The molecule has 0 aliphatic rings. The normalized spacial score (nSPS) is 16.9. The highest BCUT2D eigenvalue weighted by atomic mass is 16.4. The van der Waals surface area contributed by atoms with Crippen molar-refractivity contribution in [3.05, 3.63) is 0 Å². The molecule has 0 rings (SSSR count). The lowest BCUT2D eigenvalue weighted by molar-refractivity contribution is -0.141. The first-order valence-electron chi connectivity index (χ1n) is 12.5. The van der Waals surface area contributed by atoms with Crippen molar-refractivity contribution < 1.29 is 30.6 Å². The molecule has 0 saturated carbocycles. The van der Waals surface area contributed by atoms with Crippen molar-refractivity contribution in [1.29, 1.82) is 0 Å². The van der Waals surface area contributed by atoms with Crippen LogP contribution in [0.15, 0.2) is 0 Å². The molecule has 6 heteroatoms. The molecular weight excluding hydrogens is 384 g/mol. The van der Waals surface area contributed by atoms with Crippen LogP contribution in [0.5, 0.6) is 0 Å². The van der Waals surface area contributed by atoms with Crippen LogP contribution >= 0.6 is 0 Å². The standard InChI is InChI=1S/C24H50O6/c1-2-3-4-5-6-7-8-9-10-11-12-13-14-15-16-17-18-20(26)22(28)24(30)23(29)21(27)19-25/h20-30H,2-19H2,1H3/t20?,21-,22+,23+,24+/m0/s1. The minimum absolute atomic E-state index is 0.332. The van der Waals surface area contributed by atoms with Gasteiger partial charge in [-0.2, -0.15) is 0 Å². The molecular formula is C24H50O6. The smallest absolute Gasteiger partial charge is 0.111 e. The third-order valence-electron chi connectivity index (χ3n) is 6.03. The predicted octanol–water partition coefficient (Wildman–Crippen LogP) is 3.43. The van der Waals surface area contributed by atoms with Crippen LogP contribution in [0, 0.1) is 0 Å². The summed E-state index contributed by atoms with van der Waals surface area (Å²) in [6.07, 6.45) is 12.9. The van der Waals surface area contributed by atoms with Gasteiger partial charge in [-0.05, 0) is 6.42 Å². The SMILES string of the molecule is CCCCCCCCCCCCCCCCCCC(O)[C@@H](O)[C@@H](O)[C@H](O)[C@@H](O)CO. The zero-order valence-electron chi connectivity index (χ0n) is 19.3. The van der Waals surface area contributed by atoms with E-state index in [-0.39, 0.29) is 0 Å². The van der Waals surface area contributed by atoms with E-state index >= 15 is 0 Å². The number of aliphatic hydroxyl groups is 6. The minimum atomic E-state index is -1.69. The summed E-state index contributed by atoms with van der Waals surface area (Å²) in [5.74, 6) is 0. The molecule has 30 heavy (non-hydrogen) atoms. The molecule has 0 amide bonds. The van der Waals surface area contributed by atoms with Gasteiger partial charge in [0.15, 0.2) is 0 Å². The molecule has 1 unspecified atom stereocenters. The predicted molar refractivity (Wildman–Crippen MR) is 121 cm³/mol. The fourth-order valence-electron chi connectivity index (χ4n) is 3.84. The van der Waals surface area contributed by atoms with E-state index in [1.165, 1.54) is 83.5 Å². The Morgan fingerprint density at radius 2 is 0.767 bits per heavy atom. The average molecular weight is 435 g/mol. The molecule has 0 fully saturated rings. The first kappa shape index (κ1) is 29.8. The van der Waals surface area contributed by atoms with Crippen molar-refractivity contribution in [2.24, 2.45) is 0 Å². The fraction of sp³-hybridized carbons (Fsp3) is 1.00. The van der Waals surface area contributed by atoms with Crippen molar-refractivity contribution in [3.63, 3.8) is 0 Å². The van der Waals surface area contributed by atoms with Gasteiger partial charge < -0.3 is 30.6 Å². The molecule has 182 valence electrons. The van der Waals surface area contributed by atoms with Gasteiger partial charge in [-0.15, -0.1) is 0 Å². The third kappa shape index (κ3) is 15.5. The summed E-state index contributed by atoms with van der Waals surface area (Å²) in [6, 6.07) is 0. The Balaban J connectivity index is 3.46. The van der Waals surface area contributed by atoms with Gasteiger partial charge in [0.2, 0.25) is 0 Å². The molecule has 0 bridgehead atoms. The van der Waals surface area contributed by atoms with Crippen LogP contribution in [0.3, 0.4) is 0 Å².